The van der Waals surface area contributed by atoms with Crippen molar-refractivity contribution in [1.29, 1.82) is 0 Å². The Labute approximate surface area is 53.2 Å². The van der Waals surface area contributed by atoms with Crippen LogP contribution in [0.2, 0.25) is 0 Å². The average molecular weight is 127 g/mol. The maximum Gasteiger partial charge on any atom is 0.111 e. The predicted molar refractivity (Wildman–Crippen MR) is 31.8 cm³/mol. The molecule has 4 heteroatoms. The van der Waals surface area contributed by atoms with Gasteiger partial charge in [-0.15, -0.1) is 5.10 Å². The van der Waals surface area contributed by atoms with Gasteiger partial charge in [-0.1, -0.05) is 5.21 Å². The maximum absolute atomic E-state index is 4.97. The van der Waals surface area contributed by atoms with Crippen LogP contribution in [0.3, 0.4) is 0 Å². The number of aromatic nitrogens is 3. The molecule has 0 aliphatic heterocycles. The fourth-order valence-electron chi connectivity index (χ4n) is 0.530. The number of ether oxygens (including phenoxy) is 1. The number of hydrogen-bond acceptors (Lipinski definition) is 3. The van der Waals surface area contributed by atoms with E-state index >= 15 is 0 Å². The topological polar surface area (TPSA) is 50.8 Å². The molecule has 1 rings (SSSR count). The number of methoxy groups -OCH3 is 1. The van der Waals surface area contributed by atoms with E-state index in [0.717, 1.165) is 5.69 Å². The van der Waals surface area contributed by atoms with E-state index in [2.05, 4.69) is 15.4 Å². The minimum atomic E-state index is 0.0312. The highest BCUT2D eigenvalue weighted by Gasteiger charge is 2.04. The van der Waals surface area contributed by atoms with Crippen LogP contribution in [-0.2, 0) is 4.74 Å². The summed E-state index contributed by atoms with van der Waals surface area (Å²) in [5.41, 5.74) is 0.831. The van der Waals surface area contributed by atoms with Crippen molar-refractivity contribution < 1.29 is 4.74 Å². The molecule has 1 atom stereocenters. The minimum absolute atomic E-state index is 0.0312. The molecule has 0 fully saturated rings. The Morgan fingerprint density at radius 3 is 3.00 bits per heavy atom. The second-order valence-electron chi connectivity index (χ2n) is 1.78. The minimum Gasteiger partial charge on any atom is -0.375 e. The van der Waals surface area contributed by atoms with E-state index in [1.165, 1.54) is 0 Å². The molecule has 0 aromatic carbocycles. The van der Waals surface area contributed by atoms with Crippen molar-refractivity contribution in [3.8, 4) is 0 Å². The molecule has 4 nitrogen and oxygen atoms in total. The van der Waals surface area contributed by atoms with Crippen LogP contribution in [0.4, 0.5) is 0 Å². The molecule has 1 unspecified atom stereocenters. The molecule has 0 aliphatic rings. The number of aromatic amines is 1. The summed E-state index contributed by atoms with van der Waals surface area (Å²) in [6, 6.07) is 0. The first-order valence-corrected chi connectivity index (χ1v) is 2.73. The maximum atomic E-state index is 4.97. The molecular weight excluding hydrogens is 118 g/mol. The third kappa shape index (κ3) is 1.26. The fourth-order valence-corrected chi connectivity index (χ4v) is 0.530. The number of hydrogen-bond donors (Lipinski definition) is 1. The Balaban J connectivity index is 2.65. The Kier molecular flexibility index (Phi) is 1.79. The van der Waals surface area contributed by atoms with Crippen LogP contribution >= 0.6 is 0 Å². The molecule has 0 radical (unpaired) electrons. The van der Waals surface area contributed by atoms with Crippen LogP contribution in [0.5, 0.6) is 0 Å². The molecule has 1 N–H and O–H groups in total. The lowest BCUT2D eigenvalue weighted by Gasteiger charge is -2.01. The van der Waals surface area contributed by atoms with E-state index < -0.39 is 0 Å². The van der Waals surface area contributed by atoms with Crippen LogP contribution in [0, 0.1) is 0 Å². The molecule has 0 bridgehead atoms. The highest BCUT2D eigenvalue weighted by molar-refractivity contribution is 4.93. The highest BCUT2D eigenvalue weighted by Crippen LogP contribution is 2.08. The van der Waals surface area contributed by atoms with Crippen LogP contribution < -0.4 is 0 Å². The first kappa shape index (κ1) is 6.22. The third-order valence-corrected chi connectivity index (χ3v) is 1.21. The summed E-state index contributed by atoms with van der Waals surface area (Å²) in [6.45, 7) is 1.91. The van der Waals surface area contributed by atoms with E-state index in [9.17, 15) is 0 Å². The molecule has 0 amide bonds. The van der Waals surface area contributed by atoms with Gasteiger partial charge in [0, 0.05) is 13.3 Å². The summed E-state index contributed by atoms with van der Waals surface area (Å²) in [5, 5.41) is 9.90. The summed E-state index contributed by atoms with van der Waals surface area (Å²) in [5.74, 6) is 0. The van der Waals surface area contributed by atoms with Gasteiger partial charge in [0.25, 0.3) is 0 Å². The van der Waals surface area contributed by atoms with Gasteiger partial charge >= 0.3 is 0 Å². The summed E-state index contributed by atoms with van der Waals surface area (Å²) < 4.78 is 4.97. The van der Waals surface area contributed by atoms with Crippen molar-refractivity contribution in [2.24, 2.45) is 0 Å². The van der Waals surface area contributed by atoms with E-state index in [1.54, 1.807) is 13.3 Å². The molecule has 0 spiro atoms. The van der Waals surface area contributed by atoms with Crippen molar-refractivity contribution in [1.82, 2.24) is 15.4 Å². The Hall–Kier alpha value is -0.900. The molecule has 1 aromatic heterocycles. The zero-order chi connectivity index (χ0) is 6.69. The second-order valence-corrected chi connectivity index (χ2v) is 1.78. The van der Waals surface area contributed by atoms with Crippen LogP contribution in [-0.4, -0.2) is 22.5 Å². The van der Waals surface area contributed by atoms with Crippen LogP contribution in [0.1, 0.15) is 18.7 Å². The quantitative estimate of drug-likeness (QED) is 0.629. The average Bonchev–Trinajstić information content (AvgIpc) is 2.37. The number of rotatable bonds is 2. The van der Waals surface area contributed by atoms with E-state index in [1.807, 2.05) is 6.92 Å². The normalized spacial score (nSPS) is 13.6. The third-order valence-electron chi connectivity index (χ3n) is 1.21. The van der Waals surface area contributed by atoms with Gasteiger partial charge in [-0.2, -0.15) is 0 Å². The van der Waals surface area contributed by atoms with Crippen molar-refractivity contribution in [3.05, 3.63) is 11.9 Å². The molecule has 0 saturated heterocycles. The Bertz CT molecular complexity index is 161. The van der Waals surface area contributed by atoms with Gasteiger partial charge < -0.3 is 4.74 Å². The number of nitrogens with zero attached hydrogens (tertiary/aromatic N) is 2. The van der Waals surface area contributed by atoms with Gasteiger partial charge in [-0.25, -0.2) is 0 Å². The van der Waals surface area contributed by atoms with E-state index in [0.29, 0.717) is 0 Å². The van der Waals surface area contributed by atoms with Gasteiger partial charge in [0.1, 0.15) is 5.69 Å². The van der Waals surface area contributed by atoms with Gasteiger partial charge in [0.2, 0.25) is 0 Å². The highest BCUT2D eigenvalue weighted by atomic mass is 16.5. The lowest BCUT2D eigenvalue weighted by Crippen LogP contribution is -1.95. The summed E-state index contributed by atoms with van der Waals surface area (Å²) >= 11 is 0. The van der Waals surface area contributed by atoms with Crippen LogP contribution in [0.15, 0.2) is 6.20 Å². The van der Waals surface area contributed by atoms with Gasteiger partial charge in [-0.3, -0.25) is 5.10 Å². The molecule has 50 valence electrons. The smallest absolute Gasteiger partial charge is 0.111 e. The Morgan fingerprint density at radius 1 is 1.78 bits per heavy atom. The predicted octanol–water partition coefficient (Wildman–Crippen LogP) is 0.512. The standard InChI is InChI=1S/C5H9N3O/c1-4(9-2)5-3-6-8-7-5/h3-4H,1-2H3,(H,6,7,8). The van der Waals surface area contributed by atoms with Gasteiger partial charge in [0.15, 0.2) is 0 Å². The molecule has 9 heavy (non-hydrogen) atoms. The molecule has 1 aromatic rings. The van der Waals surface area contributed by atoms with Crippen molar-refractivity contribution >= 4 is 0 Å². The van der Waals surface area contributed by atoms with Crippen molar-refractivity contribution in [3.63, 3.8) is 0 Å². The zero-order valence-corrected chi connectivity index (χ0v) is 5.46. The second kappa shape index (κ2) is 2.59. The fraction of sp³-hybridized carbons (Fsp3) is 0.600. The largest absolute Gasteiger partial charge is 0.375 e. The monoisotopic (exact) mass is 127 g/mol. The molecule has 1 heterocycles. The lowest BCUT2D eigenvalue weighted by atomic mass is 10.3. The van der Waals surface area contributed by atoms with Crippen molar-refractivity contribution in [2.45, 2.75) is 13.0 Å². The van der Waals surface area contributed by atoms with Gasteiger partial charge in [-0.05, 0) is 6.92 Å². The van der Waals surface area contributed by atoms with Crippen molar-refractivity contribution in [2.75, 3.05) is 7.11 Å². The Morgan fingerprint density at radius 2 is 2.56 bits per heavy atom. The first-order chi connectivity index (χ1) is 4.34. The SMILES string of the molecule is COC(C)c1c[nH]nn1. The summed E-state index contributed by atoms with van der Waals surface area (Å²) in [4.78, 5) is 0. The van der Waals surface area contributed by atoms with Crippen LogP contribution in [0.25, 0.3) is 0 Å². The molecule has 0 saturated carbocycles. The zero-order valence-electron chi connectivity index (χ0n) is 5.46. The number of nitrogens with one attached hydrogen (secondary N) is 1. The molecular formula is C5H9N3O. The van der Waals surface area contributed by atoms with E-state index in [-0.39, 0.29) is 6.10 Å². The van der Waals surface area contributed by atoms with E-state index in [4.69, 9.17) is 4.74 Å². The molecule has 0 aliphatic carbocycles. The summed E-state index contributed by atoms with van der Waals surface area (Å²) in [7, 11) is 1.64. The first-order valence-electron chi connectivity index (χ1n) is 2.73. The summed E-state index contributed by atoms with van der Waals surface area (Å²) in [6.07, 6.45) is 1.75. The lowest BCUT2D eigenvalue weighted by molar-refractivity contribution is 0.116. The van der Waals surface area contributed by atoms with Gasteiger partial charge in [0.05, 0.1) is 6.10 Å². The number of H-pyrrole nitrogens is 1.